The van der Waals surface area contributed by atoms with Gasteiger partial charge in [0, 0.05) is 6.42 Å². The van der Waals surface area contributed by atoms with Crippen LogP contribution >= 0.6 is 0 Å². The molecule has 0 aliphatic carbocycles. The van der Waals surface area contributed by atoms with Gasteiger partial charge in [0.05, 0.1) is 19.7 Å². The number of aliphatic hydroxyl groups is 1. The second-order valence-electron chi connectivity index (χ2n) is 3.93. The van der Waals surface area contributed by atoms with Gasteiger partial charge in [0.25, 0.3) is 0 Å². The molecule has 1 rings (SSSR count). The van der Waals surface area contributed by atoms with E-state index < -0.39 is 0 Å². The van der Waals surface area contributed by atoms with E-state index in [0.717, 1.165) is 13.1 Å². The summed E-state index contributed by atoms with van der Waals surface area (Å²) in [6, 6.07) is 0. The van der Waals surface area contributed by atoms with Crippen molar-refractivity contribution in [1.29, 1.82) is 0 Å². The highest BCUT2D eigenvalue weighted by atomic mass is 16.3. The second kappa shape index (κ2) is 6.32. The Morgan fingerprint density at radius 1 is 1.00 bits per heavy atom. The van der Waals surface area contributed by atoms with Crippen molar-refractivity contribution in [2.24, 2.45) is 0 Å². The molecule has 4 nitrogen and oxygen atoms in total. The average molecular weight is 190 g/mol. The minimum Gasteiger partial charge on any atom is -0.391 e. The van der Waals surface area contributed by atoms with Crippen molar-refractivity contribution in [3.63, 3.8) is 0 Å². The highest BCUT2D eigenvalue weighted by Gasteiger charge is 2.21. The minimum absolute atomic E-state index is 0.337. The molecule has 1 aliphatic heterocycles. The highest BCUT2D eigenvalue weighted by molar-refractivity contribution is 4.39. The molecule has 1 aliphatic rings. The maximum atomic E-state index is 8.79. The predicted octanol–water partition coefficient (Wildman–Crippen LogP) is -4.61. The van der Waals surface area contributed by atoms with Crippen molar-refractivity contribution in [1.82, 2.24) is 0 Å². The molecule has 1 heterocycles. The zero-order valence-electron chi connectivity index (χ0n) is 8.52. The highest BCUT2D eigenvalue weighted by Crippen LogP contribution is 1.65. The lowest BCUT2D eigenvalue weighted by Gasteiger charge is -2.29. The summed E-state index contributed by atoms with van der Waals surface area (Å²) in [5, 5.41) is 8.79. The molecule has 0 saturated carbocycles. The van der Waals surface area contributed by atoms with Gasteiger partial charge in [-0.3, -0.25) is 0 Å². The predicted molar refractivity (Wildman–Crippen MR) is 50.6 cm³/mol. The fraction of sp³-hybridized carbons (Fsp3) is 1.00. The van der Waals surface area contributed by atoms with Gasteiger partial charge < -0.3 is 20.6 Å². The van der Waals surface area contributed by atoms with Gasteiger partial charge >= 0.3 is 0 Å². The van der Waals surface area contributed by atoms with Crippen LogP contribution in [0.2, 0.25) is 0 Å². The summed E-state index contributed by atoms with van der Waals surface area (Å²) in [4.78, 5) is 3.30. The molecule has 0 bridgehead atoms. The SMILES string of the molecule is [NH3+]CCC[NH+]1CC[NH+](CCO)CC1. The molecule has 6 N–H and O–H groups in total. The summed E-state index contributed by atoms with van der Waals surface area (Å²) in [5.41, 5.74) is 3.86. The smallest absolute Gasteiger partial charge is 0.127 e. The number of hydrogen-bond acceptors (Lipinski definition) is 1. The Morgan fingerprint density at radius 3 is 2.00 bits per heavy atom. The first-order valence-electron chi connectivity index (χ1n) is 5.44. The maximum Gasteiger partial charge on any atom is 0.127 e. The fourth-order valence-corrected chi connectivity index (χ4v) is 1.99. The van der Waals surface area contributed by atoms with Crippen LogP contribution in [-0.2, 0) is 0 Å². The Kier molecular flexibility index (Phi) is 5.31. The van der Waals surface area contributed by atoms with Crippen LogP contribution in [0, 0.1) is 0 Å². The van der Waals surface area contributed by atoms with Crippen molar-refractivity contribution in [3.8, 4) is 0 Å². The number of hydrogen-bond donors (Lipinski definition) is 4. The Morgan fingerprint density at radius 2 is 1.54 bits per heavy atom. The number of nitrogens with one attached hydrogen (secondary N) is 2. The lowest BCUT2D eigenvalue weighted by atomic mass is 10.3. The van der Waals surface area contributed by atoms with Crippen LogP contribution in [0.3, 0.4) is 0 Å². The number of quaternary nitrogens is 3. The van der Waals surface area contributed by atoms with Gasteiger partial charge in [0.1, 0.15) is 32.7 Å². The van der Waals surface area contributed by atoms with E-state index in [2.05, 4.69) is 5.73 Å². The van der Waals surface area contributed by atoms with E-state index in [1.807, 2.05) is 0 Å². The summed E-state index contributed by atoms with van der Waals surface area (Å²) >= 11 is 0. The lowest BCUT2D eigenvalue weighted by molar-refractivity contribution is -1.01. The summed E-state index contributed by atoms with van der Waals surface area (Å²) < 4.78 is 0. The first-order chi connectivity index (χ1) is 6.36. The third-order valence-corrected chi connectivity index (χ3v) is 2.91. The van der Waals surface area contributed by atoms with Crippen molar-refractivity contribution >= 4 is 0 Å². The van der Waals surface area contributed by atoms with Crippen molar-refractivity contribution < 1.29 is 20.6 Å². The van der Waals surface area contributed by atoms with Crippen molar-refractivity contribution in [2.45, 2.75) is 6.42 Å². The van der Waals surface area contributed by atoms with Gasteiger partial charge in [-0.1, -0.05) is 0 Å². The summed E-state index contributed by atoms with van der Waals surface area (Å²) in [7, 11) is 0. The molecule has 0 aromatic carbocycles. The zero-order valence-corrected chi connectivity index (χ0v) is 8.52. The molecule has 1 fully saturated rings. The van der Waals surface area contributed by atoms with E-state index in [-0.39, 0.29) is 0 Å². The largest absolute Gasteiger partial charge is 0.391 e. The molecule has 0 spiro atoms. The Labute approximate surface area is 80.3 Å². The van der Waals surface area contributed by atoms with Crippen LogP contribution in [0.15, 0.2) is 0 Å². The van der Waals surface area contributed by atoms with Crippen LogP contribution < -0.4 is 15.5 Å². The van der Waals surface area contributed by atoms with Gasteiger partial charge in [-0.15, -0.1) is 0 Å². The molecular weight excluding hydrogens is 166 g/mol. The summed E-state index contributed by atoms with van der Waals surface area (Å²) in [6.07, 6.45) is 1.25. The standard InChI is InChI=1S/C9H21N3O/c10-2-1-3-11-4-6-12(7-5-11)8-9-13/h13H,1-10H2/p+3. The van der Waals surface area contributed by atoms with Gasteiger partial charge in [-0.2, -0.15) is 0 Å². The van der Waals surface area contributed by atoms with Gasteiger partial charge in [0.15, 0.2) is 0 Å². The second-order valence-corrected chi connectivity index (χ2v) is 3.93. The lowest BCUT2D eigenvalue weighted by Crippen LogP contribution is -3.28. The van der Waals surface area contributed by atoms with E-state index in [4.69, 9.17) is 5.11 Å². The molecule has 4 heteroatoms. The molecule has 0 radical (unpaired) electrons. The molecule has 0 atom stereocenters. The first kappa shape index (κ1) is 10.9. The quantitative estimate of drug-likeness (QED) is 0.346. The van der Waals surface area contributed by atoms with Crippen LogP contribution in [0.25, 0.3) is 0 Å². The molecule has 0 aromatic heterocycles. The molecular formula is C9H24N3O+3. The van der Waals surface area contributed by atoms with Gasteiger partial charge in [-0.05, 0) is 0 Å². The number of aliphatic hydroxyl groups excluding tert-OH is 1. The normalized spacial score (nSPS) is 29.1. The maximum absolute atomic E-state index is 8.79. The number of rotatable bonds is 5. The molecule has 78 valence electrons. The van der Waals surface area contributed by atoms with Crippen molar-refractivity contribution in [2.75, 3.05) is 52.4 Å². The van der Waals surface area contributed by atoms with E-state index >= 15 is 0 Å². The van der Waals surface area contributed by atoms with Crippen LogP contribution in [0.5, 0.6) is 0 Å². The molecule has 0 unspecified atom stereocenters. The van der Waals surface area contributed by atoms with Gasteiger partial charge in [-0.25, -0.2) is 0 Å². The molecule has 13 heavy (non-hydrogen) atoms. The topological polar surface area (TPSA) is 56.8 Å². The van der Waals surface area contributed by atoms with E-state index in [1.165, 1.54) is 39.1 Å². The minimum atomic E-state index is 0.337. The van der Waals surface area contributed by atoms with Crippen LogP contribution in [-0.4, -0.2) is 57.5 Å². The monoisotopic (exact) mass is 190 g/mol. The van der Waals surface area contributed by atoms with E-state index in [0.29, 0.717) is 6.61 Å². The Balaban J connectivity index is 2.08. The molecule has 0 aromatic rings. The zero-order chi connectivity index (χ0) is 9.52. The summed E-state index contributed by atoms with van der Waals surface area (Å²) in [5.74, 6) is 0. The molecule has 0 amide bonds. The van der Waals surface area contributed by atoms with Crippen LogP contribution in [0.1, 0.15) is 6.42 Å². The third kappa shape index (κ3) is 4.04. The Hall–Kier alpha value is -0.160. The molecule has 1 saturated heterocycles. The van der Waals surface area contributed by atoms with Crippen LogP contribution in [0.4, 0.5) is 0 Å². The number of piperazine rings is 1. The first-order valence-corrected chi connectivity index (χ1v) is 5.44. The van der Waals surface area contributed by atoms with E-state index in [9.17, 15) is 0 Å². The average Bonchev–Trinajstić information content (AvgIpc) is 2.17. The Bertz CT molecular complexity index is 124. The third-order valence-electron chi connectivity index (χ3n) is 2.91. The van der Waals surface area contributed by atoms with Crippen molar-refractivity contribution in [3.05, 3.63) is 0 Å². The fourth-order valence-electron chi connectivity index (χ4n) is 1.99. The van der Waals surface area contributed by atoms with Gasteiger partial charge in [0.2, 0.25) is 0 Å². The summed E-state index contributed by atoms with van der Waals surface area (Å²) in [6.45, 7) is 8.63. The van der Waals surface area contributed by atoms with E-state index in [1.54, 1.807) is 9.80 Å².